The van der Waals surface area contributed by atoms with Crippen molar-refractivity contribution in [3.05, 3.63) is 23.0 Å². The van der Waals surface area contributed by atoms with Crippen LogP contribution in [0.15, 0.2) is 6.07 Å². The molecule has 1 atom stereocenters. The molecule has 0 saturated carbocycles. The fraction of sp³-hybridized carbons (Fsp3) is 0.222. The van der Waals surface area contributed by atoms with Crippen LogP contribution in [-0.2, 0) is 4.79 Å². The largest absolute Gasteiger partial charge is 0.504 e. The van der Waals surface area contributed by atoms with Crippen LogP contribution in [0.2, 0.25) is 0 Å². The van der Waals surface area contributed by atoms with Crippen molar-refractivity contribution in [3.63, 3.8) is 0 Å². The molecule has 1 rings (SSSR count). The van der Waals surface area contributed by atoms with E-state index in [0.29, 0.717) is 0 Å². The molecule has 0 fully saturated rings. The predicted molar refractivity (Wildman–Crippen MR) is 47.1 cm³/mol. The Bertz CT molecular complexity index is 415. The number of hydrogen-bond acceptors (Lipinski definition) is 4. The third kappa shape index (κ3) is 1.84. The van der Waals surface area contributed by atoms with E-state index in [-0.39, 0.29) is 5.56 Å². The van der Waals surface area contributed by atoms with E-state index < -0.39 is 35.0 Å². The van der Waals surface area contributed by atoms with Crippen LogP contribution in [0.5, 0.6) is 11.5 Å². The monoisotopic (exact) mass is 216 g/mol. The molecule has 0 radical (unpaired) electrons. The second-order valence-electron chi connectivity index (χ2n) is 3.03. The van der Waals surface area contributed by atoms with E-state index in [4.69, 9.17) is 20.4 Å². The van der Waals surface area contributed by atoms with Gasteiger partial charge in [-0.3, -0.25) is 0 Å². The van der Waals surface area contributed by atoms with Crippen molar-refractivity contribution < 1.29 is 29.6 Å². The van der Waals surface area contributed by atoms with Gasteiger partial charge < -0.3 is 20.4 Å². The summed E-state index contributed by atoms with van der Waals surface area (Å²) in [5.74, 6) is -4.72. The zero-order valence-electron chi connectivity index (χ0n) is 7.73. The Hall–Kier alpha value is -1.82. The van der Waals surface area contributed by atoms with Crippen LogP contribution in [-0.4, -0.2) is 26.4 Å². The Morgan fingerprint density at radius 2 is 1.93 bits per heavy atom. The zero-order valence-corrected chi connectivity index (χ0v) is 7.73. The Morgan fingerprint density at radius 3 is 2.40 bits per heavy atom. The van der Waals surface area contributed by atoms with Gasteiger partial charge in [0.05, 0.1) is 0 Å². The lowest BCUT2D eigenvalue weighted by Gasteiger charge is -2.11. The van der Waals surface area contributed by atoms with E-state index in [9.17, 15) is 9.18 Å². The summed E-state index contributed by atoms with van der Waals surface area (Å²) in [5.41, 5.74) is -0.514. The molecule has 1 aromatic carbocycles. The second kappa shape index (κ2) is 3.74. The van der Waals surface area contributed by atoms with Crippen LogP contribution in [0.4, 0.5) is 4.39 Å². The second-order valence-corrected chi connectivity index (χ2v) is 3.03. The van der Waals surface area contributed by atoms with Gasteiger partial charge in [-0.1, -0.05) is 0 Å². The summed E-state index contributed by atoms with van der Waals surface area (Å²) < 4.78 is 13.2. The van der Waals surface area contributed by atoms with Crippen molar-refractivity contribution in [1.29, 1.82) is 0 Å². The van der Waals surface area contributed by atoms with Crippen LogP contribution >= 0.6 is 0 Å². The SMILES string of the molecule is Cc1cc(C(O)C(=O)O)c(F)c(O)c1O. The smallest absolute Gasteiger partial charge is 0.337 e. The lowest BCUT2D eigenvalue weighted by molar-refractivity contribution is -0.147. The van der Waals surface area contributed by atoms with Gasteiger partial charge in [0.1, 0.15) is 0 Å². The molecule has 0 spiro atoms. The fourth-order valence-corrected chi connectivity index (χ4v) is 1.12. The fourth-order valence-electron chi connectivity index (χ4n) is 1.12. The van der Waals surface area contributed by atoms with Gasteiger partial charge in [0.2, 0.25) is 0 Å². The number of aliphatic carboxylic acids is 1. The molecule has 0 aromatic heterocycles. The van der Waals surface area contributed by atoms with Crippen LogP contribution in [0, 0.1) is 12.7 Å². The van der Waals surface area contributed by atoms with Crippen molar-refractivity contribution in [2.24, 2.45) is 0 Å². The van der Waals surface area contributed by atoms with Crippen molar-refractivity contribution in [1.82, 2.24) is 0 Å². The van der Waals surface area contributed by atoms with Crippen LogP contribution in [0.1, 0.15) is 17.2 Å². The first-order valence-electron chi connectivity index (χ1n) is 3.98. The van der Waals surface area contributed by atoms with Gasteiger partial charge in [0.15, 0.2) is 23.4 Å². The first kappa shape index (κ1) is 11.3. The highest BCUT2D eigenvalue weighted by Crippen LogP contribution is 2.35. The number of phenols is 2. The average molecular weight is 216 g/mol. The van der Waals surface area contributed by atoms with Gasteiger partial charge in [0, 0.05) is 5.56 Å². The normalized spacial score (nSPS) is 12.5. The van der Waals surface area contributed by atoms with E-state index >= 15 is 0 Å². The van der Waals surface area contributed by atoms with Gasteiger partial charge in [-0.15, -0.1) is 0 Å². The number of rotatable bonds is 2. The van der Waals surface area contributed by atoms with E-state index in [0.717, 1.165) is 6.07 Å². The Kier molecular flexibility index (Phi) is 2.81. The number of aliphatic hydroxyl groups is 1. The van der Waals surface area contributed by atoms with Crippen molar-refractivity contribution in [2.75, 3.05) is 0 Å². The molecular weight excluding hydrogens is 207 g/mol. The van der Waals surface area contributed by atoms with Crippen molar-refractivity contribution >= 4 is 5.97 Å². The number of carbonyl (C=O) groups is 1. The maximum absolute atomic E-state index is 13.2. The highest BCUT2D eigenvalue weighted by molar-refractivity contribution is 5.74. The van der Waals surface area contributed by atoms with Crippen LogP contribution in [0.3, 0.4) is 0 Å². The van der Waals surface area contributed by atoms with E-state index in [1.54, 1.807) is 0 Å². The highest BCUT2D eigenvalue weighted by atomic mass is 19.1. The number of hydrogen-bond donors (Lipinski definition) is 4. The zero-order chi connectivity index (χ0) is 11.7. The summed E-state index contributed by atoms with van der Waals surface area (Å²) in [6.07, 6.45) is -2.07. The topological polar surface area (TPSA) is 98.0 Å². The van der Waals surface area contributed by atoms with E-state index in [1.165, 1.54) is 6.92 Å². The summed E-state index contributed by atoms with van der Waals surface area (Å²) in [5, 5.41) is 35.7. The number of benzene rings is 1. The maximum atomic E-state index is 13.2. The molecule has 0 saturated heterocycles. The minimum absolute atomic E-state index is 0.0733. The lowest BCUT2D eigenvalue weighted by Crippen LogP contribution is -2.12. The average Bonchev–Trinajstić information content (AvgIpc) is 2.19. The van der Waals surface area contributed by atoms with Gasteiger partial charge >= 0.3 is 5.97 Å². The van der Waals surface area contributed by atoms with E-state index in [2.05, 4.69) is 0 Å². The molecule has 5 nitrogen and oxygen atoms in total. The number of halogens is 1. The summed E-state index contributed by atoms with van der Waals surface area (Å²) in [6.45, 7) is 1.34. The summed E-state index contributed by atoms with van der Waals surface area (Å²) in [7, 11) is 0. The Balaban J connectivity index is 3.38. The molecule has 0 amide bonds. The minimum Gasteiger partial charge on any atom is -0.504 e. The predicted octanol–water partition coefficient (Wildman–Crippen LogP) is 0.663. The third-order valence-electron chi connectivity index (χ3n) is 1.96. The van der Waals surface area contributed by atoms with Gasteiger partial charge in [-0.05, 0) is 18.6 Å². The molecule has 0 aliphatic heterocycles. The maximum Gasteiger partial charge on any atom is 0.337 e. The molecule has 0 heterocycles. The molecule has 4 N–H and O–H groups in total. The van der Waals surface area contributed by atoms with Gasteiger partial charge in [-0.25, -0.2) is 9.18 Å². The van der Waals surface area contributed by atoms with Crippen molar-refractivity contribution in [3.8, 4) is 11.5 Å². The lowest BCUT2D eigenvalue weighted by atomic mass is 10.0. The molecule has 1 aromatic rings. The molecule has 0 aliphatic rings. The van der Waals surface area contributed by atoms with Crippen molar-refractivity contribution in [2.45, 2.75) is 13.0 Å². The number of aliphatic hydroxyl groups excluding tert-OH is 1. The first-order chi connectivity index (χ1) is 6.86. The molecule has 0 aliphatic carbocycles. The number of aromatic hydroxyl groups is 2. The van der Waals surface area contributed by atoms with E-state index in [1.807, 2.05) is 0 Å². The first-order valence-corrected chi connectivity index (χ1v) is 3.98. The molecule has 82 valence electrons. The number of phenolic OH excluding ortho intramolecular Hbond substituents is 2. The Labute approximate surface area is 84.0 Å². The summed E-state index contributed by atoms with van der Waals surface area (Å²) >= 11 is 0. The molecule has 1 unspecified atom stereocenters. The summed E-state index contributed by atoms with van der Waals surface area (Å²) in [4.78, 5) is 10.4. The number of aryl methyl sites for hydroxylation is 1. The highest BCUT2D eigenvalue weighted by Gasteiger charge is 2.24. The molecular formula is C9H9FO5. The summed E-state index contributed by atoms with van der Waals surface area (Å²) in [6, 6.07) is 0.961. The number of carboxylic acid groups (broad SMARTS) is 1. The standard InChI is InChI=1S/C9H9FO5/c1-3-2-4(7(12)9(14)15)5(10)8(13)6(3)11/h2,7,11-13H,1H3,(H,14,15). The number of carboxylic acids is 1. The quantitative estimate of drug-likeness (QED) is 0.544. The van der Waals surface area contributed by atoms with Gasteiger partial charge in [0.25, 0.3) is 0 Å². The molecule has 15 heavy (non-hydrogen) atoms. The minimum atomic E-state index is -2.07. The van der Waals surface area contributed by atoms with Crippen LogP contribution in [0.25, 0.3) is 0 Å². The Morgan fingerprint density at radius 1 is 1.40 bits per heavy atom. The van der Waals surface area contributed by atoms with Gasteiger partial charge in [-0.2, -0.15) is 0 Å². The third-order valence-corrected chi connectivity index (χ3v) is 1.96. The molecule has 6 heteroatoms. The molecule has 0 bridgehead atoms. The van der Waals surface area contributed by atoms with Crippen LogP contribution < -0.4 is 0 Å².